The number of nitrogens with one attached hydrogen (secondary N) is 2. The monoisotopic (exact) mass is 357 g/mol. The van der Waals surface area contributed by atoms with Crippen LogP contribution in [0.3, 0.4) is 0 Å². The molecular formula is C19H27N5O2. The van der Waals surface area contributed by atoms with Gasteiger partial charge in [-0.3, -0.25) is 9.69 Å². The van der Waals surface area contributed by atoms with Crippen LogP contribution in [0, 0.1) is 5.92 Å². The molecule has 2 heterocycles. The van der Waals surface area contributed by atoms with Gasteiger partial charge in [-0.05, 0) is 31.4 Å². The number of anilines is 1. The third kappa shape index (κ3) is 3.38. The molecule has 0 spiro atoms. The zero-order valence-corrected chi connectivity index (χ0v) is 15.8. The van der Waals surface area contributed by atoms with Crippen LogP contribution in [0.5, 0.6) is 0 Å². The van der Waals surface area contributed by atoms with E-state index >= 15 is 0 Å². The molecule has 3 amide bonds. The number of carbonyl (C=O) groups is 2. The number of hydrogen-bond donors (Lipinski definition) is 2. The summed E-state index contributed by atoms with van der Waals surface area (Å²) < 4.78 is 2.04. The van der Waals surface area contributed by atoms with Crippen LogP contribution in [-0.2, 0) is 11.3 Å². The van der Waals surface area contributed by atoms with Crippen molar-refractivity contribution in [1.29, 1.82) is 0 Å². The Balaban J connectivity index is 1.76. The van der Waals surface area contributed by atoms with Crippen LogP contribution >= 0.6 is 0 Å². The standard InChI is InChI=1S/C19H27N5O2/c1-5-13(4)20-17(25)16(12(2)3)22-19(26)24-11-10-23-15-9-7-6-8-14(15)21-18(23)24/h6-9,12-13,16H,5,10-11H2,1-4H3,(H,20,25)(H,22,26)/t13-,16-/m0/s1. The van der Waals surface area contributed by atoms with Gasteiger partial charge >= 0.3 is 6.03 Å². The highest BCUT2D eigenvalue weighted by molar-refractivity contribution is 5.96. The van der Waals surface area contributed by atoms with Crippen LogP contribution in [-0.4, -0.2) is 40.1 Å². The SMILES string of the molecule is CC[C@H](C)NC(=O)[C@@H](NC(=O)N1CCn2c1nc1ccccc12)C(C)C. The number of benzene rings is 1. The first-order valence-electron chi connectivity index (χ1n) is 9.26. The predicted molar refractivity (Wildman–Crippen MR) is 102 cm³/mol. The molecule has 2 aromatic rings. The van der Waals surface area contributed by atoms with Gasteiger partial charge in [-0.2, -0.15) is 0 Å². The Kier molecular flexibility index (Phi) is 5.15. The quantitative estimate of drug-likeness (QED) is 0.863. The van der Waals surface area contributed by atoms with Gasteiger partial charge in [-0.1, -0.05) is 32.9 Å². The Hall–Kier alpha value is -2.57. The van der Waals surface area contributed by atoms with Crippen LogP contribution in [0.25, 0.3) is 11.0 Å². The third-order valence-electron chi connectivity index (χ3n) is 4.90. The number of nitrogens with zero attached hydrogens (tertiary/aromatic N) is 3. The number of urea groups is 1. The number of amides is 3. The van der Waals surface area contributed by atoms with Crippen molar-refractivity contribution >= 4 is 28.9 Å². The van der Waals surface area contributed by atoms with Gasteiger partial charge in [0.15, 0.2) is 0 Å². The van der Waals surface area contributed by atoms with Crippen molar-refractivity contribution in [3.63, 3.8) is 0 Å². The molecular weight excluding hydrogens is 330 g/mol. The topological polar surface area (TPSA) is 79.3 Å². The maximum absolute atomic E-state index is 12.8. The molecule has 1 aromatic carbocycles. The van der Waals surface area contributed by atoms with Crippen molar-refractivity contribution in [1.82, 2.24) is 20.2 Å². The van der Waals surface area contributed by atoms with E-state index in [4.69, 9.17) is 0 Å². The van der Waals surface area contributed by atoms with Gasteiger partial charge in [-0.15, -0.1) is 0 Å². The van der Waals surface area contributed by atoms with Crippen molar-refractivity contribution in [2.75, 3.05) is 11.4 Å². The normalized spacial score (nSPS) is 15.8. The number of carbonyl (C=O) groups excluding carboxylic acids is 2. The Labute approximate surface area is 153 Å². The van der Waals surface area contributed by atoms with Crippen molar-refractivity contribution in [3.05, 3.63) is 24.3 Å². The van der Waals surface area contributed by atoms with Crippen LogP contribution in [0.15, 0.2) is 24.3 Å². The predicted octanol–water partition coefficient (Wildman–Crippen LogP) is 2.51. The van der Waals surface area contributed by atoms with E-state index in [0.717, 1.165) is 17.5 Å². The molecule has 0 bridgehead atoms. The van der Waals surface area contributed by atoms with Gasteiger partial charge in [0.25, 0.3) is 0 Å². The second kappa shape index (κ2) is 7.35. The van der Waals surface area contributed by atoms with E-state index < -0.39 is 6.04 Å². The minimum atomic E-state index is -0.574. The van der Waals surface area contributed by atoms with Crippen molar-refractivity contribution in [3.8, 4) is 0 Å². The lowest BCUT2D eigenvalue weighted by molar-refractivity contribution is -0.124. The van der Waals surface area contributed by atoms with Gasteiger partial charge in [0, 0.05) is 19.1 Å². The second-order valence-corrected chi connectivity index (χ2v) is 7.19. The summed E-state index contributed by atoms with van der Waals surface area (Å²) in [6, 6.07) is 7.07. The van der Waals surface area contributed by atoms with E-state index in [1.165, 1.54) is 0 Å². The molecule has 2 atom stereocenters. The van der Waals surface area contributed by atoms with E-state index in [1.807, 2.05) is 56.5 Å². The molecule has 26 heavy (non-hydrogen) atoms. The first-order valence-corrected chi connectivity index (χ1v) is 9.26. The smallest absolute Gasteiger partial charge is 0.324 e. The molecule has 140 valence electrons. The fraction of sp³-hybridized carbons (Fsp3) is 0.526. The van der Waals surface area contributed by atoms with E-state index in [1.54, 1.807) is 4.90 Å². The van der Waals surface area contributed by atoms with Gasteiger partial charge in [0.05, 0.1) is 11.0 Å². The Morgan fingerprint density at radius 1 is 1.15 bits per heavy atom. The zero-order valence-electron chi connectivity index (χ0n) is 15.8. The molecule has 7 heteroatoms. The molecule has 7 nitrogen and oxygen atoms in total. The highest BCUT2D eigenvalue weighted by Crippen LogP contribution is 2.27. The summed E-state index contributed by atoms with van der Waals surface area (Å²) in [5, 5.41) is 5.85. The van der Waals surface area contributed by atoms with Gasteiger partial charge in [0.2, 0.25) is 11.9 Å². The summed E-state index contributed by atoms with van der Waals surface area (Å²) in [6.45, 7) is 9.09. The van der Waals surface area contributed by atoms with Crippen molar-refractivity contribution in [2.45, 2.75) is 52.7 Å². The lowest BCUT2D eigenvalue weighted by Gasteiger charge is -2.25. The molecule has 2 N–H and O–H groups in total. The molecule has 0 saturated carbocycles. The van der Waals surface area contributed by atoms with Gasteiger partial charge in [0.1, 0.15) is 6.04 Å². The maximum Gasteiger partial charge on any atom is 0.324 e. The second-order valence-electron chi connectivity index (χ2n) is 7.19. The average Bonchev–Trinajstić information content (AvgIpc) is 3.17. The molecule has 0 aliphatic carbocycles. The summed E-state index contributed by atoms with van der Waals surface area (Å²) in [5.41, 5.74) is 1.89. The lowest BCUT2D eigenvalue weighted by Crippen LogP contribution is -2.54. The van der Waals surface area contributed by atoms with E-state index in [9.17, 15) is 9.59 Å². The van der Waals surface area contributed by atoms with Crippen LogP contribution < -0.4 is 15.5 Å². The number of para-hydroxylation sites is 2. The Bertz CT molecular complexity index is 813. The largest absolute Gasteiger partial charge is 0.352 e. The number of imidazole rings is 1. The summed E-state index contributed by atoms with van der Waals surface area (Å²) in [5.74, 6) is 0.480. The number of hydrogen-bond acceptors (Lipinski definition) is 3. The fourth-order valence-corrected chi connectivity index (χ4v) is 3.16. The Morgan fingerprint density at radius 2 is 1.88 bits per heavy atom. The summed E-state index contributed by atoms with van der Waals surface area (Å²) in [7, 11) is 0. The molecule has 0 radical (unpaired) electrons. The summed E-state index contributed by atoms with van der Waals surface area (Å²) >= 11 is 0. The zero-order chi connectivity index (χ0) is 18.8. The number of fused-ring (bicyclic) bond motifs is 3. The van der Waals surface area contributed by atoms with Crippen molar-refractivity contribution in [2.24, 2.45) is 5.92 Å². The van der Waals surface area contributed by atoms with E-state index in [0.29, 0.717) is 19.0 Å². The third-order valence-corrected chi connectivity index (χ3v) is 4.90. The number of aromatic nitrogens is 2. The van der Waals surface area contributed by atoms with Crippen LogP contribution in [0.4, 0.5) is 10.7 Å². The fourth-order valence-electron chi connectivity index (χ4n) is 3.16. The Morgan fingerprint density at radius 3 is 2.58 bits per heavy atom. The maximum atomic E-state index is 12.8. The van der Waals surface area contributed by atoms with E-state index in [2.05, 4.69) is 15.6 Å². The molecule has 1 aromatic heterocycles. The first-order chi connectivity index (χ1) is 12.4. The average molecular weight is 357 g/mol. The molecule has 0 saturated heterocycles. The van der Waals surface area contributed by atoms with Crippen LogP contribution in [0.1, 0.15) is 34.1 Å². The van der Waals surface area contributed by atoms with E-state index in [-0.39, 0.29) is 23.9 Å². The summed E-state index contributed by atoms with van der Waals surface area (Å²) in [6.07, 6.45) is 0.848. The first kappa shape index (κ1) is 18.2. The highest BCUT2D eigenvalue weighted by Gasteiger charge is 2.32. The van der Waals surface area contributed by atoms with Gasteiger partial charge < -0.3 is 15.2 Å². The molecule has 1 aliphatic rings. The summed E-state index contributed by atoms with van der Waals surface area (Å²) in [4.78, 5) is 31.6. The van der Waals surface area contributed by atoms with Crippen LogP contribution in [0.2, 0.25) is 0 Å². The molecule has 0 fully saturated rings. The van der Waals surface area contributed by atoms with Gasteiger partial charge in [-0.25, -0.2) is 9.78 Å². The minimum absolute atomic E-state index is 0.00979. The molecule has 3 rings (SSSR count). The molecule has 1 aliphatic heterocycles. The van der Waals surface area contributed by atoms with Crippen molar-refractivity contribution < 1.29 is 9.59 Å². The highest BCUT2D eigenvalue weighted by atomic mass is 16.2. The molecule has 0 unspecified atom stereocenters. The number of rotatable bonds is 5. The minimum Gasteiger partial charge on any atom is -0.352 e. The lowest BCUT2D eigenvalue weighted by atomic mass is 10.0.